The summed E-state index contributed by atoms with van der Waals surface area (Å²) < 4.78 is 5.52. The van der Waals surface area contributed by atoms with Crippen LogP contribution < -0.4 is 5.32 Å². The molecule has 7 heteroatoms. The van der Waals surface area contributed by atoms with Crippen LogP contribution in [0.3, 0.4) is 0 Å². The molecular formula is C22H22N4O3. The second-order valence-corrected chi connectivity index (χ2v) is 7.38. The number of carbonyl (C=O) groups excluding carboxylic acids is 2. The molecule has 1 saturated heterocycles. The van der Waals surface area contributed by atoms with Crippen LogP contribution in [0.15, 0.2) is 59.1 Å². The van der Waals surface area contributed by atoms with Crippen molar-refractivity contribution in [2.75, 3.05) is 18.4 Å². The van der Waals surface area contributed by atoms with Gasteiger partial charge in [0.15, 0.2) is 0 Å². The van der Waals surface area contributed by atoms with Crippen LogP contribution in [0.25, 0.3) is 11.4 Å². The highest BCUT2D eigenvalue weighted by Crippen LogP contribution is 2.33. The Morgan fingerprint density at radius 1 is 1.10 bits per heavy atom. The number of hydrogen-bond donors (Lipinski definition) is 1. The second-order valence-electron chi connectivity index (χ2n) is 7.38. The van der Waals surface area contributed by atoms with Crippen LogP contribution in [-0.4, -0.2) is 39.9 Å². The zero-order chi connectivity index (χ0) is 20.4. The zero-order valence-electron chi connectivity index (χ0n) is 16.3. The molecule has 0 aliphatic carbocycles. The van der Waals surface area contributed by atoms with Crippen LogP contribution in [0.2, 0.25) is 0 Å². The van der Waals surface area contributed by atoms with Gasteiger partial charge in [0, 0.05) is 36.8 Å². The first-order chi connectivity index (χ1) is 14.0. The number of carbonyl (C=O) groups is 2. The van der Waals surface area contributed by atoms with E-state index < -0.39 is 0 Å². The summed E-state index contributed by atoms with van der Waals surface area (Å²) in [5, 5.41) is 6.81. The average Bonchev–Trinajstić information content (AvgIpc) is 3.34. The molecule has 2 heterocycles. The summed E-state index contributed by atoms with van der Waals surface area (Å²) in [5.41, 5.74) is 2.05. The summed E-state index contributed by atoms with van der Waals surface area (Å²) in [6, 6.07) is 16.6. The van der Waals surface area contributed by atoms with Gasteiger partial charge in [-0.15, -0.1) is 0 Å². The number of likely N-dealkylation sites (tertiary alicyclic amines) is 1. The van der Waals surface area contributed by atoms with Crippen molar-refractivity contribution < 1.29 is 14.1 Å². The lowest BCUT2D eigenvalue weighted by Crippen LogP contribution is -2.29. The smallest absolute Gasteiger partial charge is 0.253 e. The maximum Gasteiger partial charge on any atom is 0.253 e. The first-order valence-corrected chi connectivity index (χ1v) is 9.57. The van der Waals surface area contributed by atoms with E-state index >= 15 is 0 Å². The van der Waals surface area contributed by atoms with Crippen LogP contribution in [0.5, 0.6) is 0 Å². The number of nitrogens with one attached hydrogen (secondary N) is 1. The number of aromatic nitrogens is 2. The van der Waals surface area contributed by atoms with Crippen LogP contribution in [0.4, 0.5) is 5.69 Å². The fraction of sp³-hybridized carbons (Fsp3) is 0.273. The Morgan fingerprint density at radius 3 is 2.66 bits per heavy atom. The molecule has 2 aromatic carbocycles. The second kappa shape index (κ2) is 7.87. The van der Waals surface area contributed by atoms with E-state index in [4.69, 9.17) is 4.52 Å². The Hall–Kier alpha value is -3.48. The normalized spacial score (nSPS) is 18.6. The fourth-order valence-electron chi connectivity index (χ4n) is 3.66. The Balaban J connectivity index is 1.49. The number of rotatable bonds is 4. The van der Waals surface area contributed by atoms with Crippen molar-refractivity contribution in [2.24, 2.45) is 5.92 Å². The van der Waals surface area contributed by atoms with Crippen molar-refractivity contribution in [1.29, 1.82) is 0 Å². The van der Waals surface area contributed by atoms with E-state index in [-0.39, 0.29) is 23.7 Å². The average molecular weight is 390 g/mol. The van der Waals surface area contributed by atoms with Gasteiger partial charge in [0.1, 0.15) is 0 Å². The maximum atomic E-state index is 13.0. The first-order valence-electron chi connectivity index (χ1n) is 9.57. The van der Waals surface area contributed by atoms with E-state index in [9.17, 15) is 9.59 Å². The topological polar surface area (TPSA) is 88.3 Å². The minimum absolute atomic E-state index is 0.0116. The van der Waals surface area contributed by atoms with Gasteiger partial charge in [-0.3, -0.25) is 9.59 Å². The standard InChI is InChI=1S/C22H22N4O3/c1-14-12-26(22(28)17-9-6-10-18(11-17)23-15(2)27)13-19(14)21-24-20(25-29-21)16-7-4-3-5-8-16/h3-11,14,19H,12-13H2,1-2H3,(H,23,27)/t14-,19-/m0/s1. The zero-order valence-corrected chi connectivity index (χ0v) is 16.3. The van der Waals surface area contributed by atoms with Crippen LogP contribution in [-0.2, 0) is 4.79 Å². The Morgan fingerprint density at radius 2 is 1.90 bits per heavy atom. The first kappa shape index (κ1) is 18.9. The molecule has 3 aromatic rings. The number of hydrogen-bond acceptors (Lipinski definition) is 5. The molecular weight excluding hydrogens is 368 g/mol. The van der Waals surface area contributed by atoms with Gasteiger partial charge in [-0.05, 0) is 24.1 Å². The Bertz CT molecular complexity index is 1030. The van der Waals surface area contributed by atoms with E-state index in [2.05, 4.69) is 22.4 Å². The quantitative estimate of drug-likeness (QED) is 0.736. The van der Waals surface area contributed by atoms with Crippen molar-refractivity contribution in [3.63, 3.8) is 0 Å². The molecule has 0 unspecified atom stereocenters. The van der Waals surface area contributed by atoms with Gasteiger partial charge >= 0.3 is 0 Å². The number of nitrogens with zero attached hydrogens (tertiary/aromatic N) is 3. The SMILES string of the molecule is CC(=O)Nc1cccc(C(=O)N2C[C@H](c3nc(-c4ccccc4)no3)[C@@H](C)C2)c1. The Labute approximate surface area is 168 Å². The molecule has 1 aromatic heterocycles. The molecule has 1 N–H and O–H groups in total. The van der Waals surface area contributed by atoms with Gasteiger partial charge in [-0.25, -0.2) is 0 Å². The van der Waals surface area contributed by atoms with E-state index in [0.717, 1.165) is 5.56 Å². The summed E-state index contributed by atoms with van der Waals surface area (Å²) in [4.78, 5) is 30.6. The predicted octanol–water partition coefficient (Wildman–Crippen LogP) is 3.57. The van der Waals surface area contributed by atoms with E-state index in [1.165, 1.54) is 6.92 Å². The Kier molecular flexibility index (Phi) is 5.12. The third-order valence-electron chi connectivity index (χ3n) is 5.12. The molecule has 0 bridgehead atoms. The highest BCUT2D eigenvalue weighted by molar-refractivity contribution is 5.97. The van der Waals surface area contributed by atoms with Gasteiger partial charge in [0.05, 0.1) is 5.92 Å². The summed E-state index contributed by atoms with van der Waals surface area (Å²) in [5.74, 6) is 1.05. The number of amides is 2. The molecule has 29 heavy (non-hydrogen) atoms. The van der Waals surface area contributed by atoms with Crippen LogP contribution in [0, 0.1) is 5.92 Å². The fourth-order valence-corrected chi connectivity index (χ4v) is 3.66. The van der Waals surface area contributed by atoms with E-state index in [1.54, 1.807) is 29.2 Å². The predicted molar refractivity (Wildman–Crippen MR) is 108 cm³/mol. The molecule has 1 aliphatic heterocycles. The van der Waals surface area contributed by atoms with Gasteiger partial charge in [-0.2, -0.15) is 4.98 Å². The summed E-state index contributed by atoms with van der Waals surface area (Å²) in [6.07, 6.45) is 0. The van der Waals surface area contributed by atoms with Gasteiger partial charge in [-0.1, -0.05) is 48.5 Å². The summed E-state index contributed by atoms with van der Waals surface area (Å²) in [6.45, 7) is 4.64. The van der Waals surface area contributed by atoms with Crippen LogP contribution in [0.1, 0.15) is 36.0 Å². The molecule has 0 spiro atoms. The monoisotopic (exact) mass is 390 g/mol. The minimum atomic E-state index is -0.171. The third-order valence-corrected chi connectivity index (χ3v) is 5.12. The molecule has 1 fully saturated rings. The van der Waals surface area contributed by atoms with Crippen molar-refractivity contribution in [2.45, 2.75) is 19.8 Å². The number of benzene rings is 2. The van der Waals surface area contributed by atoms with Crippen LogP contribution >= 0.6 is 0 Å². The molecule has 0 radical (unpaired) electrons. The maximum absolute atomic E-state index is 13.0. The highest BCUT2D eigenvalue weighted by Gasteiger charge is 2.37. The molecule has 0 saturated carbocycles. The number of anilines is 1. The molecule has 2 atom stereocenters. The lowest BCUT2D eigenvalue weighted by atomic mass is 9.98. The lowest BCUT2D eigenvalue weighted by molar-refractivity contribution is -0.114. The molecule has 2 amide bonds. The largest absolute Gasteiger partial charge is 0.339 e. The lowest BCUT2D eigenvalue weighted by Gasteiger charge is -2.16. The molecule has 4 rings (SSSR count). The van der Waals surface area contributed by atoms with Gasteiger partial charge in [0.2, 0.25) is 17.6 Å². The van der Waals surface area contributed by atoms with Crippen molar-refractivity contribution in [1.82, 2.24) is 15.0 Å². The van der Waals surface area contributed by atoms with Gasteiger partial charge in [0.25, 0.3) is 5.91 Å². The van der Waals surface area contributed by atoms with Gasteiger partial charge < -0.3 is 14.7 Å². The van der Waals surface area contributed by atoms with Crippen molar-refractivity contribution >= 4 is 17.5 Å². The van der Waals surface area contributed by atoms with E-state index in [0.29, 0.717) is 36.1 Å². The molecule has 7 nitrogen and oxygen atoms in total. The van der Waals surface area contributed by atoms with Crippen molar-refractivity contribution in [3.05, 3.63) is 66.1 Å². The molecule has 148 valence electrons. The summed E-state index contributed by atoms with van der Waals surface area (Å²) >= 11 is 0. The third kappa shape index (κ3) is 4.03. The highest BCUT2D eigenvalue weighted by atomic mass is 16.5. The summed E-state index contributed by atoms with van der Waals surface area (Å²) in [7, 11) is 0. The minimum Gasteiger partial charge on any atom is -0.339 e. The van der Waals surface area contributed by atoms with E-state index in [1.807, 2.05) is 30.3 Å². The van der Waals surface area contributed by atoms with Crippen molar-refractivity contribution in [3.8, 4) is 11.4 Å². The molecule has 1 aliphatic rings.